The van der Waals surface area contributed by atoms with Gasteiger partial charge in [-0.05, 0) is 65.2 Å². The molecule has 2 rings (SSSR count). The van der Waals surface area contributed by atoms with E-state index in [1.165, 1.54) is 0 Å². The van der Waals surface area contributed by atoms with Crippen molar-refractivity contribution < 1.29 is 9.53 Å². The number of carbonyl (C=O) groups excluding carboxylic acids is 1. The van der Waals surface area contributed by atoms with Gasteiger partial charge in [-0.25, -0.2) is 4.98 Å². The van der Waals surface area contributed by atoms with Gasteiger partial charge in [0.1, 0.15) is 11.6 Å². The normalized spacial score (nSPS) is 10.2. The Morgan fingerprint density at radius 3 is 2.70 bits per heavy atom. The number of ether oxygens (including phenoxy) is 1. The number of hydrogen-bond donors (Lipinski definition) is 1. The molecule has 0 aliphatic heterocycles. The van der Waals surface area contributed by atoms with Crippen LogP contribution in [0.1, 0.15) is 11.1 Å². The number of rotatable bonds is 4. The van der Waals surface area contributed by atoms with Gasteiger partial charge in [-0.15, -0.1) is 0 Å². The summed E-state index contributed by atoms with van der Waals surface area (Å²) in [6.45, 7) is 3.87. The molecule has 1 aromatic heterocycles. The molecule has 1 amide bonds. The molecule has 0 unspecified atom stereocenters. The summed E-state index contributed by atoms with van der Waals surface area (Å²) in [6, 6.07) is 9.38. The summed E-state index contributed by atoms with van der Waals surface area (Å²) < 4.78 is 6.30. The van der Waals surface area contributed by atoms with E-state index in [0.29, 0.717) is 11.6 Å². The lowest BCUT2D eigenvalue weighted by molar-refractivity contribution is -0.118. The Balaban J connectivity index is 1.92. The van der Waals surface area contributed by atoms with Gasteiger partial charge in [0.15, 0.2) is 6.61 Å². The standard InChI is InChI=1S/C15H15BrN2O2/c1-10-3-4-13(12(16)7-10)20-9-15(19)18-14-8-11(2)5-6-17-14/h3-8H,9H2,1-2H3,(H,17,18,19). The zero-order chi connectivity index (χ0) is 14.5. The van der Waals surface area contributed by atoms with E-state index in [1.54, 1.807) is 12.3 Å². The minimum atomic E-state index is -0.240. The Morgan fingerprint density at radius 1 is 1.25 bits per heavy atom. The molecule has 0 saturated heterocycles. The third-order valence-electron chi connectivity index (χ3n) is 2.63. The van der Waals surface area contributed by atoms with Crippen molar-refractivity contribution in [3.63, 3.8) is 0 Å². The molecule has 104 valence electrons. The van der Waals surface area contributed by atoms with Crippen molar-refractivity contribution in [1.82, 2.24) is 4.98 Å². The highest BCUT2D eigenvalue weighted by Crippen LogP contribution is 2.25. The molecule has 1 heterocycles. The number of nitrogens with zero attached hydrogens (tertiary/aromatic N) is 1. The molecule has 0 aliphatic rings. The quantitative estimate of drug-likeness (QED) is 0.931. The first-order valence-electron chi connectivity index (χ1n) is 6.16. The Kier molecular flexibility index (Phi) is 4.74. The van der Waals surface area contributed by atoms with Gasteiger partial charge >= 0.3 is 0 Å². The van der Waals surface area contributed by atoms with Crippen LogP contribution in [0.5, 0.6) is 5.75 Å². The molecular weight excluding hydrogens is 320 g/mol. The van der Waals surface area contributed by atoms with E-state index in [-0.39, 0.29) is 12.5 Å². The van der Waals surface area contributed by atoms with Gasteiger partial charge < -0.3 is 10.1 Å². The van der Waals surface area contributed by atoms with Crippen molar-refractivity contribution in [2.45, 2.75) is 13.8 Å². The molecular formula is C15H15BrN2O2. The van der Waals surface area contributed by atoms with E-state index < -0.39 is 0 Å². The summed E-state index contributed by atoms with van der Waals surface area (Å²) >= 11 is 3.40. The maximum atomic E-state index is 11.8. The fourth-order valence-corrected chi connectivity index (χ4v) is 2.26. The monoisotopic (exact) mass is 334 g/mol. The summed E-state index contributed by atoms with van der Waals surface area (Å²) in [6.07, 6.45) is 1.66. The summed E-state index contributed by atoms with van der Waals surface area (Å²) in [7, 11) is 0. The molecule has 0 bridgehead atoms. The number of amides is 1. The average Bonchev–Trinajstić information content (AvgIpc) is 2.37. The fourth-order valence-electron chi connectivity index (χ4n) is 1.65. The summed E-state index contributed by atoms with van der Waals surface area (Å²) in [5, 5.41) is 2.69. The zero-order valence-corrected chi connectivity index (χ0v) is 12.9. The van der Waals surface area contributed by atoms with Crippen molar-refractivity contribution in [3.8, 4) is 5.75 Å². The number of carbonyl (C=O) groups is 1. The van der Waals surface area contributed by atoms with Gasteiger partial charge in [0, 0.05) is 6.20 Å². The molecule has 0 fully saturated rings. The van der Waals surface area contributed by atoms with Crippen LogP contribution in [0.2, 0.25) is 0 Å². The number of pyridine rings is 1. The van der Waals surface area contributed by atoms with Crippen LogP contribution in [0.15, 0.2) is 41.0 Å². The molecule has 0 spiro atoms. The lowest BCUT2D eigenvalue weighted by atomic mass is 10.2. The highest BCUT2D eigenvalue weighted by molar-refractivity contribution is 9.10. The number of halogens is 1. The lowest BCUT2D eigenvalue weighted by Gasteiger charge is -2.09. The maximum Gasteiger partial charge on any atom is 0.263 e. The summed E-state index contributed by atoms with van der Waals surface area (Å²) in [5.41, 5.74) is 2.16. The molecule has 20 heavy (non-hydrogen) atoms. The smallest absolute Gasteiger partial charge is 0.263 e. The Bertz CT molecular complexity index is 629. The zero-order valence-electron chi connectivity index (χ0n) is 11.3. The second-order valence-electron chi connectivity index (χ2n) is 4.49. The lowest BCUT2D eigenvalue weighted by Crippen LogP contribution is -2.20. The number of anilines is 1. The predicted octanol–water partition coefficient (Wildman–Crippen LogP) is 3.48. The second kappa shape index (κ2) is 6.52. The van der Waals surface area contributed by atoms with E-state index in [4.69, 9.17) is 4.74 Å². The van der Waals surface area contributed by atoms with E-state index in [1.807, 2.05) is 38.1 Å². The van der Waals surface area contributed by atoms with Crippen molar-refractivity contribution in [2.75, 3.05) is 11.9 Å². The fraction of sp³-hybridized carbons (Fsp3) is 0.200. The van der Waals surface area contributed by atoms with Crippen LogP contribution in [0.25, 0.3) is 0 Å². The average molecular weight is 335 g/mol. The third kappa shape index (κ3) is 4.06. The van der Waals surface area contributed by atoms with Crippen LogP contribution in [0.3, 0.4) is 0 Å². The van der Waals surface area contributed by atoms with Crippen LogP contribution in [0, 0.1) is 13.8 Å². The largest absolute Gasteiger partial charge is 0.483 e. The third-order valence-corrected chi connectivity index (χ3v) is 3.25. The first kappa shape index (κ1) is 14.5. The van der Waals surface area contributed by atoms with E-state index in [9.17, 15) is 4.79 Å². The van der Waals surface area contributed by atoms with Crippen LogP contribution in [-0.4, -0.2) is 17.5 Å². The van der Waals surface area contributed by atoms with Crippen LogP contribution in [-0.2, 0) is 4.79 Å². The summed E-state index contributed by atoms with van der Waals surface area (Å²) in [5.74, 6) is 0.931. The van der Waals surface area contributed by atoms with Crippen molar-refractivity contribution >= 4 is 27.7 Å². The van der Waals surface area contributed by atoms with Crippen molar-refractivity contribution in [1.29, 1.82) is 0 Å². The van der Waals surface area contributed by atoms with Gasteiger partial charge in [-0.1, -0.05) is 6.07 Å². The first-order valence-corrected chi connectivity index (χ1v) is 6.95. The van der Waals surface area contributed by atoms with E-state index in [0.717, 1.165) is 15.6 Å². The minimum absolute atomic E-state index is 0.0583. The number of hydrogen-bond acceptors (Lipinski definition) is 3. The van der Waals surface area contributed by atoms with Crippen molar-refractivity contribution in [3.05, 3.63) is 52.1 Å². The van der Waals surface area contributed by atoms with Gasteiger partial charge in [0.25, 0.3) is 5.91 Å². The molecule has 4 nitrogen and oxygen atoms in total. The molecule has 1 aromatic carbocycles. The van der Waals surface area contributed by atoms with E-state index >= 15 is 0 Å². The second-order valence-corrected chi connectivity index (χ2v) is 5.34. The highest BCUT2D eigenvalue weighted by Gasteiger charge is 2.07. The molecule has 1 N–H and O–H groups in total. The van der Waals surface area contributed by atoms with Crippen molar-refractivity contribution in [2.24, 2.45) is 0 Å². The van der Waals surface area contributed by atoms with Gasteiger partial charge in [-0.2, -0.15) is 0 Å². The predicted molar refractivity (Wildman–Crippen MR) is 82.0 cm³/mol. The minimum Gasteiger partial charge on any atom is -0.483 e. The van der Waals surface area contributed by atoms with Gasteiger partial charge in [0.05, 0.1) is 4.47 Å². The molecule has 0 atom stereocenters. The summed E-state index contributed by atoms with van der Waals surface area (Å²) in [4.78, 5) is 15.9. The van der Waals surface area contributed by atoms with E-state index in [2.05, 4.69) is 26.2 Å². The number of benzene rings is 1. The molecule has 5 heteroatoms. The Morgan fingerprint density at radius 2 is 2.00 bits per heavy atom. The first-order chi connectivity index (χ1) is 9.54. The Labute approximate surface area is 126 Å². The van der Waals surface area contributed by atoms with Gasteiger partial charge in [0.2, 0.25) is 0 Å². The molecule has 2 aromatic rings. The number of nitrogens with one attached hydrogen (secondary N) is 1. The topological polar surface area (TPSA) is 51.2 Å². The van der Waals surface area contributed by atoms with Crippen LogP contribution < -0.4 is 10.1 Å². The number of aromatic nitrogens is 1. The molecule has 0 saturated carbocycles. The highest BCUT2D eigenvalue weighted by atomic mass is 79.9. The van der Waals surface area contributed by atoms with Crippen LogP contribution >= 0.6 is 15.9 Å². The Hall–Kier alpha value is -1.88. The van der Waals surface area contributed by atoms with Gasteiger partial charge in [-0.3, -0.25) is 4.79 Å². The SMILES string of the molecule is Cc1ccnc(NC(=O)COc2ccc(C)cc2Br)c1. The maximum absolute atomic E-state index is 11.8. The molecule has 0 radical (unpaired) electrons. The molecule has 0 aliphatic carbocycles. The number of aryl methyl sites for hydroxylation is 2. The van der Waals surface area contributed by atoms with Crippen LogP contribution in [0.4, 0.5) is 5.82 Å².